The van der Waals surface area contributed by atoms with E-state index in [0.29, 0.717) is 0 Å². The van der Waals surface area contributed by atoms with Crippen molar-refractivity contribution in [3.05, 3.63) is 20.8 Å². The Kier molecular flexibility index (Phi) is 5.46. The van der Waals surface area contributed by atoms with Crippen molar-refractivity contribution in [2.24, 2.45) is 5.73 Å². The number of likely N-dealkylation sites (N-methyl/N-ethyl adjacent to an activating group) is 1. The summed E-state index contributed by atoms with van der Waals surface area (Å²) in [6, 6.07) is 4.59. The molecule has 0 amide bonds. The first-order chi connectivity index (χ1) is 9.12. The molecule has 1 aliphatic rings. The van der Waals surface area contributed by atoms with Gasteiger partial charge in [-0.15, -0.1) is 11.3 Å². The van der Waals surface area contributed by atoms with Crippen LogP contribution in [0.25, 0.3) is 0 Å². The highest BCUT2D eigenvalue weighted by molar-refractivity contribution is 9.11. The quantitative estimate of drug-likeness (QED) is 0.843. The predicted octanol–water partition coefficient (Wildman–Crippen LogP) is 4.04. The van der Waals surface area contributed by atoms with Gasteiger partial charge in [0.05, 0.1) is 3.79 Å². The number of thiophene rings is 1. The lowest BCUT2D eigenvalue weighted by molar-refractivity contribution is 0.0774. The zero-order valence-corrected chi connectivity index (χ0v) is 14.4. The molecule has 2 rings (SSSR count). The molecule has 0 aromatic carbocycles. The summed E-state index contributed by atoms with van der Waals surface area (Å²) in [5, 5.41) is 0. The molecular weight excluding hydrogens is 320 g/mol. The highest BCUT2D eigenvalue weighted by atomic mass is 79.9. The van der Waals surface area contributed by atoms with Gasteiger partial charge < -0.3 is 5.73 Å². The monoisotopic (exact) mass is 344 g/mol. The van der Waals surface area contributed by atoms with Gasteiger partial charge in [0, 0.05) is 16.5 Å². The van der Waals surface area contributed by atoms with Gasteiger partial charge in [0.1, 0.15) is 0 Å². The average Bonchev–Trinajstić information content (AvgIpc) is 3.01. The van der Waals surface area contributed by atoms with Crippen LogP contribution >= 0.6 is 27.3 Å². The standard InChI is InChI=1S/C15H25BrN2S/c1-3-18(4-2)15(9-5-6-10-15)13(17)11-12-7-8-14(16)19-12/h7-8,13H,3-6,9-11,17H2,1-2H3. The van der Waals surface area contributed by atoms with Crippen LogP contribution in [0.1, 0.15) is 44.4 Å². The lowest BCUT2D eigenvalue weighted by atomic mass is 9.84. The van der Waals surface area contributed by atoms with Crippen molar-refractivity contribution >= 4 is 27.3 Å². The molecule has 1 unspecified atom stereocenters. The van der Waals surface area contributed by atoms with Crippen molar-refractivity contribution in [1.82, 2.24) is 4.90 Å². The van der Waals surface area contributed by atoms with Crippen LogP contribution in [0, 0.1) is 0 Å². The Morgan fingerprint density at radius 1 is 1.32 bits per heavy atom. The van der Waals surface area contributed by atoms with Crippen LogP contribution < -0.4 is 5.73 Å². The van der Waals surface area contributed by atoms with Crippen LogP contribution in [0.4, 0.5) is 0 Å². The number of hydrogen-bond acceptors (Lipinski definition) is 3. The normalized spacial score (nSPS) is 20.1. The molecule has 0 aliphatic heterocycles. The molecule has 1 fully saturated rings. The maximum atomic E-state index is 6.66. The minimum atomic E-state index is 0.236. The maximum absolute atomic E-state index is 6.66. The molecule has 1 aromatic heterocycles. The van der Waals surface area contributed by atoms with Crippen molar-refractivity contribution in [2.75, 3.05) is 13.1 Å². The van der Waals surface area contributed by atoms with Gasteiger partial charge in [0.2, 0.25) is 0 Å². The lowest BCUT2D eigenvalue weighted by Gasteiger charge is -2.44. The fourth-order valence-corrected chi connectivity index (χ4v) is 5.17. The molecular formula is C15H25BrN2S. The second-order valence-electron chi connectivity index (χ2n) is 5.50. The summed E-state index contributed by atoms with van der Waals surface area (Å²) in [5.74, 6) is 0. The zero-order chi connectivity index (χ0) is 13.9. The van der Waals surface area contributed by atoms with Crippen LogP contribution in [0.5, 0.6) is 0 Å². The summed E-state index contributed by atoms with van der Waals surface area (Å²) in [5.41, 5.74) is 6.89. The third-order valence-electron chi connectivity index (χ3n) is 4.60. The molecule has 1 aliphatic carbocycles. The van der Waals surface area contributed by atoms with E-state index in [1.54, 1.807) is 0 Å². The average molecular weight is 345 g/mol. The third-order valence-corrected chi connectivity index (χ3v) is 6.25. The smallest absolute Gasteiger partial charge is 0.0701 e. The van der Waals surface area contributed by atoms with E-state index in [1.165, 1.54) is 34.3 Å². The van der Waals surface area contributed by atoms with Crippen molar-refractivity contribution < 1.29 is 0 Å². The van der Waals surface area contributed by atoms with E-state index in [4.69, 9.17) is 5.73 Å². The summed E-state index contributed by atoms with van der Waals surface area (Å²) in [4.78, 5) is 4.01. The highest BCUT2D eigenvalue weighted by Gasteiger charge is 2.43. The number of halogens is 1. The fraction of sp³-hybridized carbons (Fsp3) is 0.733. The lowest BCUT2D eigenvalue weighted by Crippen LogP contribution is -2.59. The fourth-order valence-electron chi connectivity index (χ4n) is 3.63. The molecule has 108 valence electrons. The Balaban J connectivity index is 2.14. The summed E-state index contributed by atoms with van der Waals surface area (Å²) >= 11 is 5.36. The van der Waals surface area contributed by atoms with E-state index < -0.39 is 0 Å². The molecule has 0 bridgehead atoms. The molecule has 1 aromatic rings. The number of rotatable bonds is 6. The van der Waals surface area contributed by atoms with Gasteiger partial charge in [-0.2, -0.15) is 0 Å². The van der Waals surface area contributed by atoms with Crippen molar-refractivity contribution in [3.63, 3.8) is 0 Å². The molecule has 1 heterocycles. The molecule has 1 saturated carbocycles. The van der Waals surface area contributed by atoms with Gasteiger partial charge in [0.15, 0.2) is 0 Å². The van der Waals surface area contributed by atoms with E-state index >= 15 is 0 Å². The first-order valence-corrected chi connectivity index (χ1v) is 8.98. The van der Waals surface area contributed by atoms with Gasteiger partial charge in [-0.3, -0.25) is 4.90 Å². The Morgan fingerprint density at radius 3 is 2.42 bits per heavy atom. The van der Waals surface area contributed by atoms with Crippen LogP contribution in [-0.2, 0) is 6.42 Å². The molecule has 0 saturated heterocycles. The van der Waals surface area contributed by atoms with E-state index in [9.17, 15) is 0 Å². The van der Waals surface area contributed by atoms with Gasteiger partial charge in [-0.05, 0) is 60.4 Å². The largest absolute Gasteiger partial charge is 0.326 e. The summed E-state index contributed by atoms with van der Waals surface area (Å²) in [6.07, 6.45) is 6.20. The molecule has 19 heavy (non-hydrogen) atoms. The Bertz CT molecular complexity index is 395. The second kappa shape index (κ2) is 6.70. The van der Waals surface area contributed by atoms with Gasteiger partial charge in [0.25, 0.3) is 0 Å². The number of nitrogens with zero attached hydrogens (tertiary/aromatic N) is 1. The predicted molar refractivity (Wildman–Crippen MR) is 87.8 cm³/mol. The van der Waals surface area contributed by atoms with E-state index in [-0.39, 0.29) is 11.6 Å². The molecule has 4 heteroatoms. The van der Waals surface area contributed by atoms with E-state index in [0.717, 1.165) is 19.5 Å². The first kappa shape index (κ1) is 15.5. The minimum Gasteiger partial charge on any atom is -0.326 e. The molecule has 1 atom stereocenters. The Labute approximate surface area is 129 Å². The topological polar surface area (TPSA) is 29.3 Å². The van der Waals surface area contributed by atoms with Crippen molar-refractivity contribution in [3.8, 4) is 0 Å². The van der Waals surface area contributed by atoms with Gasteiger partial charge in [-0.25, -0.2) is 0 Å². The van der Waals surface area contributed by atoms with Gasteiger partial charge in [-0.1, -0.05) is 26.7 Å². The molecule has 0 radical (unpaired) electrons. The van der Waals surface area contributed by atoms with E-state index in [1.807, 2.05) is 11.3 Å². The Morgan fingerprint density at radius 2 is 1.95 bits per heavy atom. The second-order valence-corrected chi connectivity index (χ2v) is 8.05. The molecule has 0 spiro atoms. The maximum Gasteiger partial charge on any atom is 0.0701 e. The molecule has 2 nitrogen and oxygen atoms in total. The summed E-state index contributed by atoms with van der Waals surface area (Å²) in [6.45, 7) is 6.74. The number of nitrogens with two attached hydrogens (primary N) is 1. The van der Waals surface area contributed by atoms with Crippen molar-refractivity contribution in [1.29, 1.82) is 0 Å². The minimum absolute atomic E-state index is 0.236. The number of hydrogen-bond donors (Lipinski definition) is 1. The Hall–Kier alpha value is 0.1000. The first-order valence-electron chi connectivity index (χ1n) is 7.37. The van der Waals surface area contributed by atoms with Crippen molar-refractivity contribution in [2.45, 2.75) is 57.5 Å². The summed E-state index contributed by atoms with van der Waals surface area (Å²) in [7, 11) is 0. The van der Waals surface area contributed by atoms with Crippen LogP contribution in [0.2, 0.25) is 0 Å². The zero-order valence-electron chi connectivity index (χ0n) is 12.0. The van der Waals surface area contributed by atoms with E-state index in [2.05, 4.69) is 46.8 Å². The SMILES string of the molecule is CCN(CC)C1(C(N)Cc2ccc(Br)s2)CCCC1. The van der Waals surface area contributed by atoms with Crippen LogP contribution in [-0.4, -0.2) is 29.6 Å². The van der Waals surface area contributed by atoms with Crippen LogP contribution in [0.15, 0.2) is 15.9 Å². The van der Waals surface area contributed by atoms with Gasteiger partial charge >= 0.3 is 0 Å². The molecule has 2 N–H and O–H groups in total. The van der Waals surface area contributed by atoms with Crippen LogP contribution in [0.3, 0.4) is 0 Å². The summed E-state index contributed by atoms with van der Waals surface area (Å²) < 4.78 is 1.21. The third kappa shape index (κ3) is 3.23. The highest BCUT2D eigenvalue weighted by Crippen LogP contribution is 2.39.